The Labute approximate surface area is 131 Å². The number of rotatable bonds is 4. The average molecular weight is 311 g/mol. The monoisotopic (exact) mass is 311 g/mol. The molecule has 3 rings (SSSR count). The molecule has 3 N–H and O–H groups in total. The number of aromatic nitrogens is 1. The zero-order chi connectivity index (χ0) is 16.2. The molecule has 2 aromatic rings. The summed E-state index contributed by atoms with van der Waals surface area (Å²) in [6.45, 7) is 0. The summed E-state index contributed by atoms with van der Waals surface area (Å²) in [6.07, 6.45) is 4.18. The van der Waals surface area contributed by atoms with Crippen LogP contribution in [0.15, 0.2) is 54.9 Å². The van der Waals surface area contributed by atoms with Gasteiger partial charge in [-0.25, -0.2) is 4.79 Å². The quantitative estimate of drug-likeness (QED) is 0.794. The molecule has 0 saturated heterocycles. The van der Waals surface area contributed by atoms with E-state index in [4.69, 9.17) is 9.94 Å². The van der Waals surface area contributed by atoms with Crippen molar-refractivity contribution in [3.63, 3.8) is 0 Å². The number of hydrogen-bond acceptors (Lipinski definition) is 5. The predicted molar refractivity (Wildman–Crippen MR) is 82.3 cm³/mol. The Morgan fingerprint density at radius 3 is 2.65 bits per heavy atom. The second-order valence-corrected chi connectivity index (χ2v) is 4.83. The summed E-state index contributed by atoms with van der Waals surface area (Å²) in [5.74, 6) is -1.38. The van der Waals surface area contributed by atoms with Crippen molar-refractivity contribution in [1.29, 1.82) is 0 Å². The van der Waals surface area contributed by atoms with Crippen molar-refractivity contribution in [2.45, 2.75) is 6.10 Å². The first kappa shape index (κ1) is 14.7. The van der Waals surface area contributed by atoms with E-state index in [1.54, 1.807) is 24.5 Å². The van der Waals surface area contributed by atoms with Crippen molar-refractivity contribution in [2.75, 3.05) is 5.32 Å². The van der Waals surface area contributed by atoms with E-state index in [9.17, 15) is 9.59 Å². The molecule has 1 aromatic heterocycles. The number of hydrogen-bond donors (Lipinski definition) is 3. The maximum atomic E-state index is 12.2. The zero-order valence-corrected chi connectivity index (χ0v) is 11.9. The normalized spacial score (nSPS) is 16.3. The van der Waals surface area contributed by atoms with E-state index in [0.717, 1.165) is 5.56 Å². The van der Waals surface area contributed by atoms with Crippen molar-refractivity contribution in [3.8, 4) is 0 Å². The summed E-state index contributed by atoms with van der Waals surface area (Å²) in [4.78, 5) is 32.2. The SMILES string of the molecule is O=C(O)c1ccc(NC(=O)C2C=C(c3cccnc3)NO2)cc1. The van der Waals surface area contributed by atoms with Gasteiger partial charge in [0.2, 0.25) is 0 Å². The number of amides is 1. The van der Waals surface area contributed by atoms with Crippen LogP contribution in [-0.4, -0.2) is 28.1 Å². The van der Waals surface area contributed by atoms with Gasteiger partial charge < -0.3 is 10.4 Å². The summed E-state index contributed by atoms with van der Waals surface area (Å²) < 4.78 is 0. The average Bonchev–Trinajstić information content (AvgIpc) is 3.06. The van der Waals surface area contributed by atoms with Crippen LogP contribution in [0.2, 0.25) is 0 Å². The van der Waals surface area contributed by atoms with Gasteiger partial charge in [0, 0.05) is 23.6 Å². The number of anilines is 1. The first-order chi connectivity index (χ1) is 11.1. The molecule has 0 saturated carbocycles. The fraction of sp³-hybridized carbons (Fsp3) is 0.0625. The summed E-state index contributed by atoms with van der Waals surface area (Å²) in [6, 6.07) is 9.52. The second-order valence-electron chi connectivity index (χ2n) is 4.83. The highest BCUT2D eigenvalue weighted by Gasteiger charge is 2.24. The van der Waals surface area contributed by atoms with Gasteiger partial charge in [-0.15, -0.1) is 0 Å². The van der Waals surface area contributed by atoms with Crippen LogP contribution in [-0.2, 0) is 9.63 Å². The Kier molecular flexibility index (Phi) is 4.03. The van der Waals surface area contributed by atoms with Gasteiger partial charge in [0.05, 0.1) is 11.3 Å². The van der Waals surface area contributed by atoms with E-state index in [0.29, 0.717) is 11.4 Å². The molecule has 1 atom stereocenters. The number of aromatic carboxylic acids is 1. The molecule has 1 amide bonds. The van der Waals surface area contributed by atoms with Gasteiger partial charge in [0.1, 0.15) is 0 Å². The first-order valence-electron chi connectivity index (χ1n) is 6.81. The van der Waals surface area contributed by atoms with E-state index in [1.165, 1.54) is 24.3 Å². The zero-order valence-electron chi connectivity index (χ0n) is 11.9. The molecule has 23 heavy (non-hydrogen) atoms. The fourth-order valence-corrected chi connectivity index (χ4v) is 2.06. The lowest BCUT2D eigenvalue weighted by molar-refractivity contribution is -0.125. The minimum atomic E-state index is -1.02. The predicted octanol–water partition coefficient (Wildman–Crippen LogP) is 1.66. The summed E-state index contributed by atoms with van der Waals surface area (Å²) in [5.41, 5.74) is 4.82. The molecule has 1 aromatic carbocycles. The smallest absolute Gasteiger partial charge is 0.335 e. The highest BCUT2D eigenvalue weighted by Crippen LogP contribution is 2.18. The van der Waals surface area contributed by atoms with E-state index in [2.05, 4.69) is 15.8 Å². The first-order valence-corrected chi connectivity index (χ1v) is 6.81. The van der Waals surface area contributed by atoms with E-state index < -0.39 is 12.1 Å². The lowest BCUT2D eigenvalue weighted by Gasteiger charge is -2.09. The molecule has 0 radical (unpaired) electrons. The van der Waals surface area contributed by atoms with Crippen molar-refractivity contribution in [1.82, 2.24) is 10.5 Å². The lowest BCUT2D eigenvalue weighted by atomic mass is 10.1. The number of carbonyl (C=O) groups is 2. The minimum absolute atomic E-state index is 0.153. The van der Waals surface area contributed by atoms with Gasteiger partial charge in [0.15, 0.2) is 6.10 Å². The standard InChI is InChI=1S/C16H13N3O4/c20-15(18-12-5-3-10(4-6-12)16(21)22)14-8-13(19-23-14)11-2-1-7-17-9-11/h1-9,14,19H,(H,18,20)(H,21,22). The number of hydroxylamine groups is 1. The van der Waals surface area contributed by atoms with Gasteiger partial charge >= 0.3 is 5.97 Å². The highest BCUT2D eigenvalue weighted by molar-refractivity contribution is 5.97. The van der Waals surface area contributed by atoms with Gasteiger partial charge in [-0.3, -0.25) is 20.1 Å². The van der Waals surface area contributed by atoms with Crippen molar-refractivity contribution >= 4 is 23.3 Å². The minimum Gasteiger partial charge on any atom is -0.478 e. The molecule has 116 valence electrons. The van der Waals surface area contributed by atoms with E-state index >= 15 is 0 Å². The third-order valence-electron chi connectivity index (χ3n) is 3.24. The summed E-state index contributed by atoms with van der Waals surface area (Å²) in [5, 5.41) is 11.5. The fourth-order valence-electron chi connectivity index (χ4n) is 2.06. The third-order valence-corrected chi connectivity index (χ3v) is 3.24. The molecule has 7 nitrogen and oxygen atoms in total. The summed E-state index contributed by atoms with van der Waals surface area (Å²) >= 11 is 0. The Balaban J connectivity index is 1.67. The maximum Gasteiger partial charge on any atom is 0.335 e. The van der Waals surface area contributed by atoms with Crippen LogP contribution in [0.4, 0.5) is 5.69 Å². The van der Waals surface area contributed by atoms with Gasteiger partial charge in [0.25, 0.3) is 5.91 Å². The lowest BCUT2D eigenvalue weighted by Crippen LogP contribution is -2.28. The number of pyridine rings is 1. The Morgan fingerprint density at radius 1 is 1.22 bits per heavy atom. The number of carboxylic acid groups (broad SMARTS) is 1. The molecule has 1 unspecified atom stereocenters. The van der Waals surface area contributed by atoms with E-state index in [-0.39, 0.29) is 11.5 Å². The summed E-state index contributed by atoms with van der Waals surface area (Å²) in [7, 11) is 0. The second kappa shape index (κ2) is 6.29. The molecule has 0 bridgehead atoms. The van der Waals surface area contributed by atoms with Crippen LogP contribution in [0.3, 0.4) is 0 Å². The molecule has 7 heteroatoms. The van der Waals surface area contributed by atoms with Crippen LogP contribution in [0.25, 0.3) is 5.70 Å². The number of nitrogens with one attached hydrogen (secondary N) is 2. The van der Waals surface area contributed by atoms with Crippen molar-refractivity contribution < 1.29 is 19.5 Å². The molecule has 0 aliphatic carbocycles. The number of carboxylic acids is 1. The third kappa shape index (κ3) is 3.35. The number of benzene rings is 1. The van der Waals surface area contributed by atoms with Crippen LogP contribution in [0, 0.1) is 0 Å². The molecular formula is C16H13N3O4. The molecular weight excluding hydrogens is 298 g/mol. The maximum absolute atomic E-state index is 12.2. The largest absolute Gasteiger partial charge is 0.478 e. The van der Waals surface area contributed by atoms with E-state index in [1.807, 2.05) is 6.07 Å². The van der Waals surface area contributed by atoms with Crippen LogP contribution >= 0.6 is 0 Å². The van der Waals surface area contributed by atoms with Crippen molar-refractivity contribution in [3.05, 3.63) is 66.0 Å². The van der Waals surface area contributed by atoms with Gasteiger partial charge in [-0.1, -0.05) is 0 Å². The molecule has 1 aliphatic heterocycles. The van der Waals surface area contributed by atoms with Crippen LogP contribution in [0.1, 0.15) is 15.9 Å². The van der Waals surface area contributed by atoms with Crippen LogP contribution in [0.5, 0.6) is 0 Å². The molecule has 0 spiro atoms. The van der Waals surface area contributed by atoms with Gasteiger partial charge in [-0.2, -0.15) is 0 Å². The number of carbonyl (C=O) groups excluding carboxylic acids is 1. The topological polar surface area (TPSA) is 101 Å². The van der Waals surface area contributed by atoms with Crippen LogP contribution < -0.4 is 10.8 Å². The molecule has 0 fully saturated rings. The molecule has 2 heterocycles. The van der Waals surface area contributed by atoms with Gasteiger partial charge in [-0.05, 0) is 42.5 Å². The Morgan fingerprint density at radius 2 is 2.00 bits per heavy atom. The highest BCUT2D eigenvalue weighted by atomic mass is 16.7. The van der Waals surface area contributed by atoms with Crippen molar-refractivity contribution in [2.24, 2.45) is 0 Å². The Bertz CT molecular complexity index is 757. The Hall–Kier alpha value is -3.19. The number of nitrogens with zero attached hydrogens (tertiary/aromatic N) is 1. The molecule has 1 aliphatic rings.